The average Bonchev–Trinajstić information content (AvgIpc) is 2.85. The van der Waals surface area contributed by atoms with Crippen molar-refractivity contribution in [1.29, 1.82) is 0 Å². The minimum atomic E-state index is -0.188. The second-order valence-electron chi connectivity index (χ2n) is 5.51. The monoisotopic (exact) mass is 343 g/mol. The Morgan fingerprint density at radius 1 is 1.10 bits per heavy atom. The molecule has 21 heavy (non-hydrogen) atoms. The van der Waals surface area contributed by atoms with Crippen molar-refractivity contribution in [3.63, 3.8) is 0 Å². The molecule has 2 aromatic rings. The predicted octanol–water partition coefficient (Wildman–Crippen LogP) is 3.68. The van der Waals surface area contributed by atoms with Crippen LogP contribution >= 0.6 is 15.9 Å². The molecule has 0 radical (unpaired) electrons. The summed E-state index contributed by atoms with van der Waals surface area (Å²) in [6.07, 6.45) is 1.00. The highest BCUT2D eigenvalue weighted by atomic mass is 79.9. The molecular formula is C17H14BrNO2. The maximum absolute atomic E-state index is 11.7. The first kappa shape index (κ1) is 12.9. The van der Waals surface area contributed by atoms with Crippen LogP contribution in [0.4, 0.5) is 5.69 Å². The molecule has 0 aliphatic carbocycles. The summed E-state index contributed by atoms with van der Waals surface area (Å²) >= 11 is 3.52. The van der Waals surface area contributed by atoms with Crippen molar-refractivity contribution in [3.8, 4) is 0 Å². The number of carbonyl (C=O) groups excluding carboxylic acids is 1. The van der Waals surface area contributed by atoms with E-state index in [4.69, 9.17) is 4.74 Å². The summed E-state index contributed by atoms with van der Waals surface area (Å²) in [6.45, 7) is 2.26. The van der Waals surface area contributed by atoms with Crippen LogP contribution in [0.2, 0.25) is 0 Å². The normalized spacial score (nSPS) is 16.4. The first-order valence-corrected chi connectivity index (χ1v) is 7.82. The number of esters is 1. The number of benzene rings is 2. The smallest absolute Gasteiger partial charge is 0.338 e. The lowest BCUT2D eigenvalue weighted by molar-refractivity contribution is 0.0535. The molecule has 0 bridgehead atoms. The third-order valence-electron chi connectivity index (χ3n) is 4.19. The molecule has 0 saturated carbocycles. The molecule has 2 aliphatic heterocycles. The number of cyclic esters (lactones) is 1. The summed E-state index contributed by atoms with van der Waals surface area (Å²) in [6, 6.07) is 12.5. The highest BCUT2D eigenvalue weighted by Gasteiger charge is 2.25. The van der Waals surface area contributed by atoms with Gasteiger partial charge in [-0.25, -0.2) is 4.79 Å². The number of nitrogens with zero attached hydrogens (tertiary/aromatic N) is 1. The van der Waals surface area contributed by atoms with E-state index in [1.807, 2.05) is 12.1 Å². The third-order valence-corrected chi connectivity index (χ3v) is 4.68. The van der Waals surface area contributed by atoms with Gasteiger partial charge in [-0.3, -0.25) is 0 Å². The third kappa shape index (κ3) is 2.23. The average molecular weight is 344 g/mol. The van der Waals surface area contributed by atoms with Crippen LogP contribution in [0.25, 0.3) is 0 Å². The van der Waals surface area contributed by atoms with Crippen LogP contribution in [0.15, 0.2) is 40.9 Å². The van der Waals surface area contributed by atoms with Gasteiger partial charge >= 0.3 is 5.97 Å². The van der Waals surface area contributed by atoms with Gasteiger partial charge in [0.2, 0.25) is 0 Å². The van der Waals surface area contributed by atoms with Crippen molar-refractivity contribution < 1.29 is 9.53 Å². The number of hydrogen-bond donors (Lipinski definition) is 0. The topological polar surface area (TPSA) is 29.5 Å². The van der Waals surface area contributed by atoms with E-state index < -0.39 is 0 Å². The molecule has 0 amide bonds. The minimum absolute atomic E-state index is 0.188. The van der Waals surface area contributed by atoms with Crippen LogP contribution in [-0.4, -0.2) is 12.5 Å². The van der Waals surface area contributed by atoms with Gasteiger partial charge in [-0.2, -0.15) is 0 Å². The van der Waals surface area contributed by atoms with Crippen molar-refractivity contribution in [2.75, 3.05) is 11.4 Å². The lowest BCUT2D eigenvalue weighted by Crippen LogP contribution is -2.30. The molecule has 0 saturated heterocycles. The molecule has 2 aliphatic rings. The molecule has 0 fully saturated rings. The Morgan fingerprint density at radius 2 is 2.00 bits per heavy atom. The number of anilines is 1. The van der Waals surface area contributed by atoms with Gasteiger partial charge in [0.1, 0.15) is 6.61 Å². The molecule has 106 valence electrons. The zero-order chi connectivity index (χ0) is 14.4. The fourth-order valence-electron chi connectivity index (χ4n) is 3.08. The van der Waals surface area contributed by atoms with Gasteiger partial charge in [0.05, 0.1) is 5.56 Å². The Kier molecular flexibility index (Phi) is 3.00. The maximum atomic E-state index is 11.7. The second kappa shape index (κ2) is 4.88. The fourth-order valence-corrected chi connectivity index (χ4v) is 3.47. The number of halogens is 1. The largest absolute Gasteiger partial charge is 0.457 e. The van der Waals surface area contributed by atoms with Crippen LogP contribution in [0.3, 0.4) is 0 Å². The van der Waals surface area contributed by atoms with Crippen LogP contribution in [0, 0.1) is 0 Å². The Morgan fingerprint density at radius 3 is 2.86 bits per heavy atom. The molecule has 0 aromatic heterocycles. The van der Waals surface area contributed by atoms with Crippen molar-refractivity contribution in [2.45, 2.75) is 19.6 Å². The Balaban J connectivity index is 1.69. The van der Waals surface area contributed by atoms with Crippen molar-refractivity contribution in [2.24, 2.45) is 0 Å². The van der Waals surface area contributed by atoms with Gasteiger partial charge in [0.15, 0.2) is 0 Å². The Bertz CT molecular complexity index is 742. The highest BCUT2D eigenvalue weighted by molar-refractivity contribution is 9.10. The van der Waals surface area contributed by atoms with Gasteiger partial charge in [-0.1, -0.05) is 28.1 Å². The van der Waals surface area contributed by atoms with Crippen molar-refractivity contribution in [1.82, 2.24) is 0 Å². The molecule has 0 N–H and O–H groups in total. The second-order valence-corrected chi connectivity index (χ2v) is 6.42. The van der Waals surface area contributed by atoms with Gasteiger partial charge < -0.3 is 9.64 Å². The van der Waals surface area contributed by atoms with E-state index in [1.165, 1.54) is 16.8 Å². The molecular weight excluding hydrogens is 330 g/mol. The van der Waals surface area contributed by atoms with Gasteiger partial charge in [0.25, 0.3) is 0 Å². The summed E-state index contributed by atoms with van der Waals surface area (Å²) in [5.41, 5.74) is 5.56. The van der Waals surface area contributed by atoms with E-state index in [0.29, 0.717) is 6.61 Å². The van der Waals surface area contributed by atoms with Gasteiger partial charge in [-0.05, 0) is 41.8 Å². The zero-order valence-electron chi connectivity index (χ0n) is 11.4. The van der Waals surface area contributed by atoms with Gasteiger partial charge in [-0.15, -0.1) is 0 Å². The van der Waals surface area contributed by atoms with Crippen LogP contribution < -0.4 is 4.90 Å². The summed E-state index contributed by atoms with van der Waals surface area (Å²) in [7, 11) is 0. The van der Waals surface area contributed by atoms with Crippen molar-refractivity contribution in [3.05, 3.63) is 63.1 Å². The molecule has 4 heteroatoms. The molecule has 2 heterocycles. The number of fused-ring (bicyclic) bond motifs is 2. The summed E-state index contributed by atoms with van der Waals surface area (Å²) in [4.78, 5) is 14.1. The van der Waals surface area contributed by atoms with E-state index in [0.717, 1.165) is 35.1 Å². The minimum Gasteiger partial charge on any atom is -0.457 e. The predicted molar refractivity (Wildman–Crippen MR) is 84.5 cm³/mol. The molecule has 3 nitrogen and oxygen atoms in total. The number of rotatable bonds is 1. The summed E-state index contributed by atoms with van der Waals surface area (Å²) in [5.74, 6) is -0.188. The number of ether oxygens (including phenoxy) is 1. The lowest BCUT2D eigenvalue weighted by Gasteiger charge is -2.31. The number of carbonyl (C=O) groups is 1. The van der Waals surface area contributed by atoms with Crippen LogP contribution in [-0.2, 0) is 24.3 Å². The van der Waals surface area contributed by atoms with Crippen LogP contribution in [0.5, 0.6) is 0 Å². The summed E-state index contributed by atoms with van der Waals surface area (Å²) in [5, 5.41) is 0. The van der Waals surface area contributed by atoms with Gasteiger partial charge in [0, 0.05) is 28.8 Å². The van der Waals surface area contributed by atoms with Crippen LogP contribution in [0.1, 0.15) is 27.0 Å². The maximum Gasteiger partial charge on any atom is 0.338 e. The standard InChI is InChI=1S/C17H14BrNO2/c18-14-2-1-3-15(8-14)19-5-4-11-6-13-10-21-17(20)16(13)7-12(11)9-19/h1-3,6-8H,4-5,9-10H2. The highest BCUT2D eigenvalue weighted by Crippen LogP contribution is 2.30. The van der Waals surface area contributed by atoms with Crippen molar-refractivity contribution >= 4 is 27.6 Å². The quantitative estimate of drug-likeness (QED) is 0.739. The van der Waals surface area contributed by atoms with E-state index in [9.17, 15) is 4.79 Å². The van der Waals surface area contributed by atoms with E-state index >= 15 is 0 Å². The zero-order valence-corrected chi connectivity index (χ0v) is 13.0. The summed E-state index contributed by atoms with van der Waals surface area (Å²) < 4.78 is 6.20. The first-order valence-electron chi connectivity index (χ1n) is 7.03. The molecule has 0 atom stereocenters. The molecule has 4 rings (SSSR count). The van der Waals surface area contributed by atoms with E-state index in [1.54, 1.807) is 0 Å². The lowest BCUT2D eigenvalue weighted by atomic mass is 9.94. The molecule has 0 spiro atoms. The Hall–Kier alpha value is -1.81. The first-order chi connectivity index (χ1) is 10.2. The van der Waals surface area contributed by atoms with E-state index in [2.05, 4.69) is 45.1 Å². The Labute approximate surface area is 131 Å². The number of hydrogen-bond acceptors (Lipinski definition) is 3. The molecule has 2 aromatic carbocycles. The fraction of sp³-hybridized carbons (Fsp3) is 0.235. The molecule has 0 unspecified atom stereocenters. The SMILES string of the molecule is O=C1OCc2cc3c(cc21)CN(c1cccc(Br)c1)CC3. The van der Waals surface area contributed by atoms with E-state index in [-0.39, 0.29) is 5.97 Å².